The van der Waals surface area contributed by atoms with Crippen LogP contribution in [0.15, 0.2) is 76.6 Å². The number of Topliss-reactive ketones (excluding diaryl/α,β-unsaturated/α-hetero) is 1. The predicted molar refractivity (Wildman–Crippen MR) is 77.8 cm³/mol. The van der Waals surface area contributed by atoms with Crippen LogP contribution in [-0.2, 0) is 0 Å². The molecule has 0 radical (unpaired) electrons. The van der Waals surface area contributed by atoms with Crippen LogP contribution in [0.4, 0.5) is 0 Å². The minimum atomic E-state index is 0.0937. The molecule has 0 fully saturated rings. The molecular weight excluding hydrogens is 240 g/mol. The van der Waals surface area contributed by atoms with Gasteiger partial charge in [0, 0.05) is 10.5 Å². The predicted octanol–water partition coefficient (Wildman–Crippen LogP) is 4.55. The van der Waals surface area contributed by atoms with E-state index in [0.29, 0.717) is 0 Å². The summed E-state index contributed by atoms with van der Waals surface area (Å²) in [6, 6.07) is 7.67. The molecule has 18 heavy (non-hydrogen) atoms. The third kappa shape index (κ3) is 2.71. The zero-order chi connectivity index (χ0) is 13.0. The number of ketones is 1. The molecule has 2 rings (SSSR count). The van der Waals surface area contributed by atoms with Crippen LogP contribution in [-0.4, -0.2) is 5.78 Å². The highest BCUT2D eigenvalue weighted by Gasteiger charge is 2.24. The summed E-state index contributed by atoms with van der Waals surface area (Å²) in [4.78, 5) is 13.9. The highest BCUT2D eigenvalue weighted by atomic mass is 32.2. The number of allylic oxidation sites excluding steroid dienone is 7. The molecule has 1 aromatic rings. The molecule has 0 N–H and O–H groups in total. The second-order valence-electron chi connectivity index (χ2n) is 3.90. The second-order valence-corrected chi connectivity index (χ2v) is 4.98. The largest absolute Gasteiger partial charge is 0.288 e. The Morgan fingerprint density at radius 1 is 1.28 bits per heavy atom. The molecule has 0 unspecified atom stereocenters. The molecule has 0 saturated heterocycles. The average Bonchev–Trinajstić information content (AvgIpc) is 2.67. The van der Waals surface area contributed by atoms with Gasteiger partial charge in [0.15, 0.2) is 0 Å². The minimum absolute atomic E-state index is 0.0937. The Labute approximate surface area is 112 Å². The molecule has 0 aliphatic carbocycles. The van der Waals surface area contributed by atoms with Crippen LogP contribution in [0.25, 0.3) is 0 Å². The van der Waals surface area contributed by atoms with E-state index in [9.17, 15) is 4.79 Å². The van der Waals surface area contributed by atoms with Gasteiger partial charge < -0.3 is 0 Å². The number of carbonyl (C=O) groups is 1. The summed E-state index contributed by atoms with van der Waals surface area (Å²) in [6.07, 6.45) is 9.53. The van der Waals surface area contributed by atoms with Crippen LogP contribution in [0.1, 0.15) is 17.3 Å². The topological polar surface area (TPSA) is 17.1 Å². The molecule has 1 aliphatic heterocycles. The maximum atomic E-state index is 12.1. The van der Waals surface area contributed by atoms with Gasteiger partial charge in [0.1, 0.15) is 0 Å². The molecule has 0 amide bonds. The van der Waals surface area contributed by atoms with Crippen molar-refractivity contribution in [3.05, 3.63) is 77.3 Å². The average molecular weight is 254 g/mol. The number of thioether (sulfide) groups is 1. The molecule has 1 heterocycles. The Hall–Kier alpha value is -1.80. The van der Waals surface area contributed by atoms with Crippen LogP contribution in [0.3, 0.4) is 0 Å². The van der Waals surface area contributed by atoms with Gasteiger partial charge in [-0.2, -0.15) is 0 Å². The molecule has 0 atom stereocenters. The maximum Gasteiger partial charge on any atom is 0.200 e. The van der Waals surface area contributed by atoms with Crippen molar-refractivity contribution in [3.63, 3.8) is 0 Å². The van der Waals surface area contributed by atoms with Crippen molar-refractivity contribution in [2.24, 2.45) is 0 Å². The first-order valence-corrected chi connectivity index (χ1v) is 6.55. The van der Waals surface area contributed by atoms with Gasteiger partial charge in [-0.1, -0.05) is 54.8 Å². The van der Waals surface area contributed by atoms with Crippen molar-refractivity contribution in [1.29, 1.82) is 0 Å². The minimum Gasteiger partial charge on any atom is -0.288 e. The lowest BCUT2D eigenvalue weighted by Gasteiger charge is -1.94. The normalized spacial score (nSPS) is 16.9. The highest BCUT2D eigenvalue weighted by molar-refractivity contribution is 8.04. The van der Waals surface area contributed by atoms with Gasteiger partial charge >= 0.3 is 0 Å². The summed E-state index contributed by atoms with van der Waals surface area (Å²) in [5.41, 5.74) is 1.62. The highest BCUT2D eigenvalue weighted by Crippen LogP contribution is 2.39. The third-order valence-corrected chi connectivity index (χ3v) is 3.60. The first-order valence-electron chi connectivity index (χ1n) is 5.74. The third-order valence-electron chi connectivity index (χ3n) is 2.51. The monoisotopic (exact) mass is 254 g/mol. The van der Waals surface area contributed by atoms with E-state index >= 15 is 0 Å². The number of fused-ring (bicyclic) bond motifs is 1. The molecule has 0 bridgehead atoms. The van der Waals surface area contributed by atoms with Crippen molar-refractivity contribution in [2.75, 3.05) is 0 Å². The van der Waals surface area contributed by atoms with E-state index < -0.39 is 0 Å². The fourth-order valence-corrected chi connectivity index (χ4v) is 2.71. The SMILES string of the molecule is C=C(C=CC=CC)C=C1Sc2ccccc2C1=O. The quantitative estimate of drug-likeness (QED) is 0.581. The van der Waals surface area contributed by atoms with Crippen molar-refractivity contribution in [3.8, 4) is 0 Å². The molecule has 0 aromatic heterocycles. The van der Waals surface area contributed by atoms with Crippen LogP contribution in [0.5, 0.6) is 0 Å². The Morgan fingerprint density at radius 3 is 2.78 bits per heavy atom. The van der Waals surface area contributed by atoms with Crippen LogP contribution < -0.4 is 0 Å². The van der Waals surface area contributed by atoms with E-state index in [0.717, 1.165) is 20.9 Å². The molecule has 0 saturated carbocycles. The lowest BCUT2D eigenvalue weighted by molar-refractivity contribution is 0.104. The Kier molecular flexibility index (Phi) is 4.00. The molecule has 1 nitrogen and oxygen atoms in total. The van der Waals surface area contributed by atoms with E-state index in [1.54, 1.807) is 0 Å². The van der Waals surface area contributed by atoms with Gasteiger partial charge in [0.05, 0.1) is 4.91 Å². The zero-order valence-electron chi connectivity index (χ0n) is 10.2. The molecule has 90 valence electrons. The molecule has 1 aromatic carbocycles. The van der Waals surface area contributed by atoms with Gasteiger partial charge in [0.2, 0.25) is 5.78 Å². The number of hydrogen-bond donors (Lipinski definition) is 0. The van der Waals surface area contributed by atoms with E-state index in [1.165, 1.54) is 11.8 Å². The van der Waals surface area contributed by atoms with Gasteiger partial charge in [-0.3, -0.25) is 4.79 Å². The number of carbonyl (C=O) groups excluding carboxylic acids is 1. The van der Waals surface area contributed by atoms with Crippen molar-refractivity contribution in [2.45, 2.75) is 11.8 Å². The van der Waals surface area contributed by atoms with E-state index in [-0.39, 0.29) is 5.78 Å². The smallest absolute Gasteiger partial charge is 0.200 e. The summed E-state index contributed by atoms with van der Waals surface area (Å²) in [6.45, 7) is 5.88. The molecule has 0 spiro atoms. The van der Waals surface area contributed by atoms with E-state index in [4.69, 9.17) is 0 Å². The number of rotatable bonds is 3. The molecule has 1 aliphatic rings. The summed E-state index contributed by atoms with van der Waals surface area (Å²) in [5, 5.41) is 0. The van der Waals surface area contributed by atoms with Crippen LogP contribution >= 0.6 is 11.8 Å². The van der Waals surface area contributed by atoms with Crippen molar-refractivity contribution in [1.82, 2.24) is 0 Å². The maximum absolute atomic E-state index is 12.1. The van der Waals surface area contributed by atoms with Gasteiger partial charge in [-0.05, 0) is 30.7 Å². The second kappa shape index (κ2) is 5.69. The molecule has 2 heteroatoms. The summed E-state index contributed by atoms with van der Waals surface area (Å²) in [7, 11) is 0. The summed E-state index contributed by atoms with van der Waals surface area (Å²) in [5.74, 6) is 0.0937. The van der Waals surface area contributed by atoms with E-state index in [2.05, 4.69) is 6.58 Å². The summed E-state index contributed by atoms with van der Waals surface area (Å²) >= 11 is 1.51. The van der Waals surface area contributed by atoms with Crippen LogP contribution in [0.2, 0.25) is 0 Å². The van der Waals surface area contributed by atoms with E-state index in [1.807, 2.05) is 61.6 Å². The van der Waals surface area contributed by atoms with Crippen molar-refractivity contribution >= 4 is 17.5 Å². The standard InChI is InChI=1S/C16H14OS/c1-3-4-5-8-12(2)11-15-16(17)13-9-6-7-10-14(13)18-15/h3-11H,2H2,1H3. The first-order chi connectivity index (χ1) is 8.72. The first kappa shape index (κ1) is 12.7. The number of hydrogen-bond acceptors (Lipinski definition) is 2. The Balaban J connectivity index is 2.18. The lowest BCUT2D eigenvalue weighted by atomic mass is 10.1. The zero-order valence-corrected chi connectivity index (χ0v) is 11.0. The van der Waals surface area contributed by atoms with Gasteiger partial charge in [0.25, 0.3) is 0 Å². The fourth-order valence-electron chi connectivity index (χ4n) is 1.64. The van der Waals surface area contributed by atoms with Gasteiger partial charge in [-0.15, -0.1) is 0 Å². The lowest BCUT2D eigenvalue weighted by Crippen LogP contribution is -1.93. The Bertz CT molecular complexity index is 577. The van der Waals surface area contributed by atoms with Gasteiger partial charge in [-0.25, -0.2) is 0 Å². The Morgan fingerprint density at radius 2 is 2.06 bits per heavy atom. The van der Waals surface area contributed by atoms with Crippen molar-refractivity contribution < 1.29 is 4.79 Å². The fraction of sp³-hybridized carbons (Fsp3) is 0.0625. The summed E-state index contributed by atoms with van der Waals surface area (Å²) < 4.78 is 0. The molecular formula is C16H14OS. The number of benzene rings is 1. The van der Waals surface area contributed by atoms with Crippen LogP contribution in [0, 0.1) is 0 Å².